The highest BCUT2D eigenvalue weighted by atomic mass is 16.3. The van der Waals surface area contributed by atoms with E-state index < -0.39 is 11.7 Å². The second-order valence-electron chi connectivity index (χ2n) is 7.82. The number of rotatable bonds is 7. The molecule has 1 aliphatic heterocycles. The van der Waals surface area contributed by atoms with Crippen molar-refractivity contribution >= 4 is 0 Å². The number of aliphatic hydroxyl groups excluding tert-OH is 1. The van der Waals surface area contributed by atoms with Crippen molar-refractivity contribution in [1.29, 1.82) is 0 Å². The van der Waals surface area contributed by atoms with Gasteiger partial charge in [0, 0.05) is 25.6 Å². The average Bonchev–Trinajstić information content (AvgIpc) is 2.68. The summed E-state index contributed by atoms with van der Waals surface area (Å²) in [6.07, 6.45) is 3.41. The molecular formula is C23H31NO3. The predicted molar refractivity (Wildman–Crippen MR) is 108 cm³/mol. The third-order valence-electron chi connectivity index (χ3n) is 5.76. The van der Waals surface area contributed by atoms with Gasteiger partial charge in [0.25, 0.3) is 0 Å². The van der Waals surface area contributed by atoms with Crippen LogP contribution in [0, 0.1) is 0 Å². The fourth-order valence-corrected chi connectivity index (χ4v) is 4.15. The molecule has 0 bridgehead atoms. The van der Waals surface area contributed by atoms with Crippen LogP contribution in [0.1, 0.15) is 49.8 Å². The summed E-state index contributed by atoms with van der Waals surface area (Å²) in [5.41, 5.74) is 1.33. The maximum Gasteiger partial charge on any atom is 0.115 e. The number of piperidine rings is 1. The molecular weight excluding hydrogens is 338 g/mol. The Kier molecular flexibility index (Phi) is 6.53. The van der Waals surface area contributed by atoms with Crippen LogP contribution in [0.15, 0.2) is 54.6 Å². The highest BCUT2D eigenvalue weighted by Crippen LogP contribution is 2.32. The fourth-order valence-electron chi connectivity index (χ4n) is 4.15. The van der Waals surface area contributed by atoms with Crippen molar-refractivity contribution in [2.75, 3.05) is 13.1 Å². The molecule has 0 saturated carbocycles. The van der Waals surface area contributed by atoms with E-state index in [1.54, 1.807) is 24.3 Å². The summed E-state index contributed by atoms with van der Waals surface area (Å²) in [6, 6.07) is 17.0. The van der Waals surface area contributed by atoms with Crippen LogP contribution in [0.4, 0.5) is 0 Å². The number of aliphatic hydroxyl groups is 2. The number of hydrogen-bond acceptors (Lipinski definition) is 4. The number of likely N-dealkylation sites (tertiary alicyclic amines) is 1. The zero-order valence-electron chi connectivity index (χ0n) is 16.1. The molecule has 4 heteroatoms. The van der Waals surface area contributed by atoms with Crippen LogP contribution in [0.5, 0.6) is 5.75 Å². The summed E-state index contributed by atoms with van der Waals surface area (Å²) in [4.78, 5) is 2.32. The molecule has 3 N–H and O–H groups in total. The van der Waals surface area contributed by atoms with Gasteiger partial charge < -0.3 is 15.3 Å². The Labute approximate surface area is 162 Å². The zero-order chi connectivity index (χ0) is 19.3. The van der Waals surface area contributed by atoms with E-state index in [4.69, 9.17) is 0 Å². The number of benzene rings is 2. The van der Waals surface area contributed by atoms with Gasteiger partial charge in [-0.1, -0.05) is 55.8 Å². The smallest absolute Gasteiger partial charge is 0.115 e. The number of phenols is 1. The first-order valence-corrected chi connectivity index (χ1v) is 9.98. The van der Waals surface area contributed by atoms with E-state index in [9.17, 15) is 15.3 Å². The first-order chi connectivity index (χ1) is 13.0. The molecule has 1 aliphatic rings. The van der Waals surface area contributed by atoms with Crippen molar-refractivity contribution in [3.63, 3.8) is 0 Å². The topological polar surface area (TPSA) is 63.9 Å². The lowest BCUT2D eigenvalue weighted by atomic mass is 9.84. The van der Waals surface area contributed by atoms with Crippen LogP contribution >= 0.6 is 0 Å². The van der Waals surface area contributed by atoms with Crippen molar-refractivity contribution in [1.82, 2.24) is 4.90 Å². The molecule has 27 heavy (non-hydrogen) atoms. The second kappa shape index (κ2) is 8.87. The van der Waals surface area contributed by atoms with E-state index in [0.717, 1.165) is 31.5 Å². The van der Waals surface area contributed by atoms with Crippen molar-refractivity contribution in [3.8, 4) is 5.75 Å². The number of hydrogen-bond donors (Lipinski definition) is 3. The van der Waals surface area contributed by atoms with Crippen molar-refractivity contribution in [2.45, 2.75) is 56.8 Å². The summed E-state index contributed by atoms with van der Waals surface area (Å²) in [5.74, 6) is 0.210. The van der Waals surface area contributed by atoms with E-state index >= 15 is 0 Å². The average molecular weight is 370 g/mol. The maximum absolute atomic E-state index is 11.0. The second-order valence-corrected chi connectivity index (χ2v) is 7.82. The van der Waals surface area contributed by atoms with Crippen LogP contribution in [0.2, 0.25) is 0 Å². The lowest BCUT2D eigenvalue weighted by molar-refractivity contribution is -0.0507. The van der Waals surface area contributed by atoms with Gasteiger partial charge in [0.15, 0.2) is 0 Å². The van der Waals surface area contributed by atoms with Crippen LogP contribution in [0.3, 0.4) is 0 Å². The van der Waals surface area contributed by atoms with Gasteiger partial charge in [0.1, 0.15) is 5.75 Å². The fraction of sp³-hybridized carbons (Fsp3) is 0.478. The number of nitrogens with zero attached hydrogens (tertiary/aromatic N) is 1. The molecule has 0 aliphatic carbocycles. The predicted octanol–water partition coefficient (Wildman–Crippen LogP) is 3.66. The van der Waals surface area contributed by atoms with Crippen LogP contribution in [-0.2, 0) is 6.42 Å². The molecule has 0 aromatic heterocycles. The van der Waals surface area contributed by atoms with Crippen molar-refractivity contribution < 1.29 is 15.3 Å². The van der Waals surface area contributed by atoms with Gasteiger partial charge in [-0.2, -0.15) is 0 Å². The van der Waals surface area contributed by atoms with Gasteiger partial charge in [-0.3, -0.25) is 4.90 Å². The van der Waals surface area contributed by atoms with Gasteiger partial charge in [-0.05, 0) is 42.5 Å². The third kappa shape index (κ3) is 5.10. The number of aromatic hydroxyl groups is 1. The Morgan fingerprint density at radius 2 is 1.63 bits per heavy atom. The lowest BCUT2D eigenvalue weighted by Gasteiger charge is -2.43. The molecule has 0 radical (unpaired) electrons. The standard InChI is InChI=1S/C23H31NO3/c1-2-6-21(22(26)19-9-11-20(25)12-10-19)24-15-13-23(27,14-16-24)17-18-7-4-3-5-8-18/h3-5,7-12,21-22,25-27H,2,6,13-17H2,1H3/t21-,22+/m1/s1. The van der Waals surface area contributed by atoms with E-state index in [1.807, 2.05) is 18.2 Å². The molecule has 1 heterocycles. The van der Waals surface area contributed by atoms with E-state index in [-0.39, 0.29) is 11.8 Å². The normalized spacial score (nSPS) is 19.5. The SMILES string of the molecule is CCC[C@H]([C@@H](O)c1ccc(O)cc1)N1CCC(O)(Cc2ccccc2)CC1. The molecule has 0 spiro atoms. The van der Waals surface area contributed by atoms with E-state index in [1.165, 1.54) is 5.56 Å². The minimum atomic E-state index is -0.669. The summed E-state index contributed by atoms with van der Waals surface area (Å²) >= 11 is 0. The molecule has 0 unspecified atom stereocenters. The van der Waals surface area contributed by atoms with Crippen LogP contribution < -0.4 is 0 Å². The molecule has 0 amide bonds. The Morgan fingerprint density at radius 1 is 1.00 bits per heavy atom. The molecule has 2 aromatic rings. The summed E-state index contributed by atoms with van der Waals surface area (Å²) < 4.78 is 0. The van der Waals surface area contributed by atoms with Gasteiger partial charge in [0.2, 0.25) is 0 Å². The Bertz CT molecular complexity index is 693. The summed E-state index contributed by atoms with van der Waals surface area (Å²) in [5, 5.41) is 31.4. The quantitative estimate of drug-likeness (QED) is 0.697. The molecule has 1 fully saturated rings. The Hall–Kier alpha value is -1.88. The van der Waals surface area contributed by atoms with Gasteiger partial charge >= 0.3 is 0 Å². The zero-order valence-corrected chi connectivity index (χ0v) is 16.1. The Morgan fingerprint density at radius 3 is 2.22 bits per heavy atom. The third-order valence-corrected chi connectivity index (χ3v) is 5.76. The molecule has 1 saturated heterocycles. The lowest BCUT2D eigenvalue weighted by Crippen LogP contribution is -2.50. The molecule has 146 valence electrons. The first-order valence-electron chi connectivity index (χ1n) is 9.98. The Balaban J connectivity index is 1.65. The highest BCUT2D eigenvalue weighted by molar-refractivity contribution is 5.28. The van der Waals surface area contributed by atoms with Crippen molar-refractivity contribution in [3.05, 3.63) is 65.7 Å². The minimum absolute atomic E-state index is 0.0285. The van der Waals surface area contributed by atoms with Gasteiger partial charge in [-0.15, -0.1) is 0 Å². The monoisotopic (exact) mass is 369 g/mol. The van der Waals surface area contributed by atoms with Crippen molar-refractivity contribution in [2.24, 2.45) is 0 Å². The maximum atomic E-state index is 11.0. The largest absolute Gasteiger partial charge is 0.508 e. The molecule has 2 aromatic carbocycles. The van der Waals surface area contributed by atoms with E-state index in [0.29, 0.717) is 19.3 Å². The summed E-state index contributed by atoms with van der Waals surface area (Å²) in [6.45, 7) is 3.69. The van der Waals surface area contributed by atoms with E-state index in [2.05, 4.69) is 24.0 Å². The number of phenolic OH excluding ortho intramolecular Hbond substituents is 1. The minimum Gasteiger partial charge on any atom is -0.508 e. The van der Waals surface area contributed by atoms with Crippen LogP contribution in [-0.4, -0.2) is 45.0 Å². The van der Waals surface area contributed by atoms with Gasteiger partial charge in [-0.25, -0.2) is 0 Å². The molecule has 2 atom stereocenters. The highest BCUT2D eigenvalue weighted by Gasteiger charge is 2.36. The first kappa shape index (κ1) is 19.9. The molecule has 4 nitrogen and oxygen atoms in total. The summed E-state index contributed by atoms with van der Waals surface area (Å²) in [7, 11) is 0. The van der Waals surface area contributed by atoms with Crippen LogP contribution in [0.25, 0.3) is 0 Å². The molecule has 3 rings (SSSR count). The van der Waals surface area contributed by atoms with Gasteiger partial charge in [0.05, 0.1) is 11.7 Å².